The maximum Gasteiger partial charge on any atom is 0.254 e. The zero-order valence-electron chi connectivity index (χ0n) is 9.09. The number of carbonyl (C=O) groups is 1. The van der Waals surface area contributed by atoms with E-state index < -0.39 is 5.82 Å². The lowest BCUT2D eigenvalue weighted by atomic mass is 10.2. The summed E-state index contributed by atoms with van der Waals surface area (Å²) in [7, 11) is 0. The number of nitrogens with one attached hydrogen (secondary N) is 1. The lowest BCUT2D eigenvalue weighted by molar-refractivity contribution is 0.0950. The third-order valence-electron chi connectivity index (χ3n) is 2.15. The molecule has 16 heavy (non-hydrogen) atoms. The van der Waals surface area contributed by atoms with Gasteiger partial charge in [-0.15, -0.1) is 0 Å². The minimum atomic E-state index is -0.517. The number of hydrogen-bond donors (Lipinski definition) is 1. The molecule has 0 saturated carbocycles. The predicted octanol–water partition coefficient (Wildman–Crippen LogP) is 3.07. The summed E-state index contributed by atoms with van der Waals surface area (Å²) in [6, 6.07) is 4.68. The number of rotatable bonds is 4. The van der Waals surface area contributed by atoms with Crippen LogP contribution in [0.5, 0.6) is 0 Å². The molecule has 1 unspecified atom stereocenters. The van der Waals surface area contributed by atoms with Crippen LogP contribution in [0.3, 0.4) is 0 Å². The quantitative estimate of drug-likeness (QED) is 0.926. The number of halogens is 2. The van der Waals surface area contributed by atoms with Crippen LogP contribution in [0.15, 0.2) is 22.7 Å². The molecule has 0 aliphatic carbocycles. The van der Waals surface area contributed by atoms with Gasteiger partial charge in [0, 0.05) is 11.8 Å². The first-order chi connectivity index (χ1) is 7.56. The van der Waals surface area contributed by atoms with Crippen molar-refractivity contribution in [1.29, 1.82) is 0 Å². The van der Waals surface area contributed by atoms with Crippen molar-refractivity contribution in [1.82, 2.24) is 5.32 Å². The van der Waals surface area contributed by atoms with Crippen LogP contribution < -0.4 is 5.32 Å². The molecular weight excluding hydrogens is 293 g/mol. The molecule has 88 valence electrons. The topological polar surface area (TPSA) is 29.1 Å². The van der Waals surface area contributed by atoms with Crippen molar-refractivity contribution in [2.75, 3.05) is 12.8 Å². The van der Waals surface area contributed by atoms with Crippen molar-refractivity contribution in [3.05, 3.63) is 34.1 Å². The van der Waals surface area contributed by atoms with Gasteiger partial charge in [0.1, 0.15) is 5.82 Å². The molecule has 1 amide bonds. The van der Waals surface area contributed by atoms with Crippen LogP contribution in [-0.4, -0.2) is 24.0 Å². The van der Waals surface area contributed by atoms with E-state index in [0.29, 0.717) is 16.3 Å². The van der Waals surface area contributed by atoms with E-state index in [4.69, 9.17) is 0 Å². The third kappa shape index (κ3) is 3.49. The highest BCUT2D eigenvalue weighted by Crippen LogP contribution is 2.18. The second-order valence-electron chi connectivity index (χ2n) is 3.36. The Kier molecular flexibility index (Phi) is 5.28. The first kappa shape index (κ1) is 13.5. The maximum absolute atomic E-state index is 13.5. The summed E-state index contributed by atoms with van der Waals surface area (Å²) < 4.78 is 13.8. The van der Waals surface area contributed by atoms with Crippen molar-refractivity contribution in [2.24, 2.45) is 0 Å². The van der Waals surface area contributed by atoms with E-state index in [1.165, 1.54) is 6.07 Å². The van der Waals surface area contributed by atoms with Crippen molar-refractivity contribution in [3.63, 3.8) is 0 Å². The lowest BCUT2D eigenvalue weighted by Crippen LogP contribution is -2.30. The molecule has 1 atom stereocenters. The van der Waals surface area contributed by atoms with Gasteiger partial charge in [-0.05, 0) is 34.3 Å². The second kappa shape index (κ2) is 6.25. The Morgan fingerprint density at radius 2 is 2.31 bits per heavy atom. The van der Waals surface area contributed by atoms with E-state index in [1.807, 2.05) is 13.2 Å². The Hall–Kier alpha value is -0.550. The molecule has 0 aliphatic rings. The molecule has 0 spiro atoms. The Labute approximate surface area is 107 Å². The standard InChI is InChI=1S/C11H13BrFNOS/c1-7(16-2)6-14-11(15)8-4-3-5-9(12)10(8)13/h3-5,7H,6H2,1-2H3,(H,14,15). The zero-order valence-corrected chi connectivity index (χ0v) is 11.5. The van der Waals surface area contributed by atoms with E-state index >= 15 is 0 Å². The highest BCUT2D eigenvalue weighted by Gasteiger charge is 2.13. The molecular formula is C11H13BrFNOS. The molecule has 1 aromatic carbocycles. The van der Waals surface area contributed by atoms with Gasteiger partial charge < -0.3 is 5.32 Å². The lowest BCUT2D eigenvalue weighted by Gasteiger charge is -2.10. The average Bonchev–Trinajstić information content (AvgIpc) is 2.29. The van der Waals surface area contributed by atoms with Gasteiger partial charge in [-0.2, -0.15) is 11.8 Å². The Bertz CT molecular complexity index is 386. The molecule has 1 aromatic rings. The molecule has 5 heteroatoms. The predicted molar refractivity (Wildman–Crippen MR) is 69.4 cm³/mol. The van der Waals surface area contributed by atoms with Crippen LogP contribution in [0.4, 0.5) is 4.39 Å². The normalized spacial score (nSPS) is 12.2. The minimum absolute atomic E-state index is 0.0719. The average molecular weight is 306 g/mol. The molecule has 0 heterocycles. The van der Waals surface area contributed by atoms with Crippen LogP contribution in [0, 0.1) is 5.82 Å². The third-order valence-corrected chi connectivity index (χ3v) is 3.73. The summed E-state index contributed by atoms with van der Waals surface area (Å²) in [6.45, 7) is 2.54. The number of carbonyl (C=O) groups excluding carboxylic acids is 1. The van der Waals surface area contributed by atoms with Crippen LogP contribution >= 0.6 is 27.7 Å². The molecule has 2 nitrogen and oxygen atoms in total. The van der Waals surface area contributed by atoms with Gasteiger partial charge in [0.15, 0.2) is 0 Å². The number of benzene rings is 1. The number of thioether (sulfide) groups is 1. The number of amides is 1. The second-order valence-corrected chi connectivity index (χ2v) is 5.49. The van der Waals surface area contributed by atoms with Crippen molar-refractivity contribution < 1.29 is 9.18 Å². The van der Waals surface area contributed by atoms with Gasteiger partial charge >= 0.3 is 0 Å². The van der Waals surface area contributed by atoms with Crippen molar-refractivity contribution >= 4 is 33.6 Å². The number of hydrogen-bond acceptors (Lipinski definition) is 2. The Balaban J connectivity index is 2.70. The summed E-state index contributed by atoms with van der Waals surface area (Å²) in [6.07, 6.45) is 1.97. The molecule has 1 N–H and O–H groups in total. The van der Waals surface area contributed by atoms with Gasteiger partial charge in [0.25, 0.3) is 5.91 Å². The summed E-state index contributed by atoms with van der Waals surface area (Å²) in [4.78, 5) is 11.7. The summed E-state index contributed by atoms with van der Waals surface area (Å²) in [5.74, 6) is -0.892. The van der Waals surface area contributed by atoms with Crippen LogP contribution in [0.25, 0.3) is 0 Å². The monoisotopic (exact) mass is 305 g/mol. The van der Waals surface area contributed by atoms with Gasteiger partial charge in [-0.3, -0.25) is 4.79 Å². The largest absolute Gasteiger partial charge is 0.351 e. The minimum Gasteiger partial charge on any atom is -0.351 e. The van der Waals surface area contributed by atoms with Crippen molar-refractivity contribution in [3.8, 4) is 0 Å². The van der Waals surface area contributed by atoms with Crippen LogP contribution in [-0.2, 0) is 0 Å². The summed E-state index contributed by atoms with van der Waals surface area (Å²) >= 11 is 4.70. The Morgan fingerprint density at radius 1 is 1.62 bits per heavy atom. The van der Waals surface area contributed by atoms with E-state index in [9.17, 15) is 9.18 Å². The Morgan fingerprint density at radius 3 is 2.94 bits per heavy atom. The fraction of sp³-hybridized carbons (Fsp3) is 0.364. The van der Waals surface area contributed by atoms with Gasteiger partial charge in [0.2, 0.25) is 0 Å². The van der Waals surface area contributed by atoms with Gasteiger partial charge in [0.05, 0.1) is 10.0 Å². The molecule has 0 bridgehead atoms. The molecule has 1 rings (SSSR count). The van der Waals surface area contributed by atoms with E-state index in [0.717, 1.165) is 0 Å². The summed E-state index contributed by atoms with van der Waals surface area (Å²) in [5.41, 5.74) is 0.0719. The zero-order chi connectivity index (χ0) is 12.1. The fourth-order valence-electron chi connectivity index (χ4n) is 1.09. The van der Waals surface area contributed by atoms with Crippen molar-refractivity contribution in [2.45, 2.75) is 12.2 Å². The molecule has 0 aliphatic heterocycles. The SMILES string of the molecule is CSC(C)CNC(=O)c1cccc(Br)c1F. The first-order valence-corrected chi connectivity index (χ1v) is 6.89. The van der Waals surface area contributed by atoms with E-state index in [-0.39, 0.29) is 11.5 Å². The fourth-order valence-corrected chi connectivity index (χ4v) is 1.71. The van der Waals surface area contributed by atoms with Gasteiger partial charge in [-0.1, -0.05) is 13.0 Å². The van der Waals surface area contributed by atoms with Gasteiger partial charge in [-0.25, -0.2) is 4.39 Å². The van der Waals surface area contributed by atoms with Crippen LogP contribution in [0.2, 0.25) is 0 Å². The van der Waals surface area contributed by atoms with E-state index in [2.05, 4.69) is 21.2 Å². The molecule has 0 aromatic heterocycles. The molecule has 0 saturated heterocycles. The summed E-state index contributed by atoms with van der Waals surface area (Å²) in [5, 5.41) is 3.02. The highest BCUT2D eigenvalue weighted by molar-refractivity contribution is 9.10. The first-order valence-electron chi connectivity index (χ1n) is 4.81. The maximum atomic E-state index is 13.5. The van der Waals surface area contributed by atoms with E-state index in [1.54, 1.807) is 23.9 Å². The smallest absolute Gasteiger partial charge is 0.254 e. The van der Waals surface area contributed by atoms with Crippen LogP contribution in [0.1, 0.15) is 17.3 Å². The molecule has 0 fully saturated rings. The molecule has 0 radical (unpaired) electrons. The highest BCUT2D eigenvalue weighted by atomic mass is 79.9.